The maximum absolute atomic E-state index is 12.3. The first-order valence-electron chi connectivity index (χ1n) is 6.53. The summed E-state index contributed by atoms with van der Waals surface area (Å²) in [6.45, 7) is 7.21. The van der Waals surface area contributed by atoms with Crippen LogP contribution in [0.1, 0.15) is 33.7 Å². The standard InChI is InChI=1S/C15H17NO3/c1-9-5-6-12-11(3)14(19-13(12)10(9)2)15(17)16-7-4-8-18-16/h5-6H,4,7-8H2,1-3H3. The molecule has 1 aromatic carbocycles. The lowest BCUT2D eigenvalue weighted by molar-refractivity contribution is -0.0784. The zero-order valence-electron chi connectivity index (χ0n) is 11.4. The predicted molar refractivity (Wildman–Crippen MR) is 72.0 cm³/mol. The van der Waals surface area contributed by atoms with Crippen molar-refractivity contribution in [2.75, 3.05) is 13.2 Å². The molecule has 0 atom stereocenters. The minimum absolute atomic E-state index is 0.178. The molecule has 0 unspecified atom stereocenters. The van der Waals surface area contributed by atoms with E-state index in [9.17, 15) is 4.79 Å². The maximum Gasteiger partial charge on any atom is 0.313 e. The number of hydroxylamine groups is 2. The van der Waals surface area contributed by atoms with Crippen LogP contribution in [0.3, 0.4) is 0 Å². The van der Waals surface area contributed by atoms with E-state index < -0.39 is 0 Å². The van der Waals surface area contributed by atoms with Gasteiger partial charge >= 0.3 is 5.91 Å². The molecule has 0 spiro atoms. The molecule has 3 rings (SSSR count). The number of carbonyl (C=O) groups excluding carboxylic acids is 1. The Balaban J connectivity index is 2.12. The third kappa shape index (κ3) is 1.83. The topological polar surface area (TPSA) is 42.7 Å². The zero-order valence-corrected chi connectivity index (χ0v) is 11.4. The molecule has 0 saturated carbocycles. The van der Waals surface area contributed by atoms with E-state index in [1.54, 1.807) is 0 Å². The second-order valence-corrected chi connectivity index (χ2v) is 5.03. The summed E-state index contributed by atoms with van der Waals surface area (Å²) >= 11 is 0. The van der Waals surface area contributed by atoms with Gasteiger partial charge < -0.3 is 4.42 Å². The average molecular weight is 259 g/mol. The van der Waals surface area contributed by atoms with Gasteiger partial charge in [-0.05, 0) is 38.3 Å². The maximum atomic E-state index is 12.3. The lowest BCUT2D eigenvalue weighted by Crippen LogP contribution is -2.26. The highest BCUT2D eigenvalue weighted by Gasteiger charge is 2.27. The number of carbonyl (C=O) groups is 1. The molecule has 0 aliphatic carbocycles. The Morgan fingerprint density at radius 2 is 2.00 bits per heavy atom. The molecule has 1 fully saturated rings. The van der Waals surface area contributed by atoms with Gasteiger partial charge in [0.1, 0.15) is 5.58 Å². The van der Waals surface area contributed by atoms with Crippen molar-refractivity contribution in [1.82, 2.24) is 5.06 Å². The van der Waals surface area contributed by atoms with Gasteiger partial charge in [0.2, 0.25) is 0 Å². The molecule has 2 heterocycles. The molecule has 0 radical (unpaired) electrons. The monoisotopic (exact) mass is 259 g/mol. The van der Waals surface area contributed by atoms with E-state index in [1.807, 2.05) is 26.8 Å². The van der Waals surface area contributed by atoms with Crippen LogP contribution in [0.25, 0.3) is 11.0 Å². The van der Waals surface area contributed by atoms with Crippen LogP contribution >= 0.6 is 0 Å². The minimum Gasteiger partial charge on any atom is -0.450 e. The fraction of sp³-hybridized carbons (Fsp3) is 0.400. The van der Waals surface area contributed by atoms with Crippen LogP contribution in [0.5, 0.6) is 0 Å². The Morgan fingerprint density at radius 1 is 1.21 bits per heavy atom. The summed E-state index contributed by atoms with van der Waals surface area (Å²) in [6, 6.07) is 4.07. The predicted octanol–water partition coefficient (Wildman–Crippen LogP) is 3.14. The molecule has 1 saturated heterocycles. The van der Waals surface area contributed by atoms with Crippen LogP contribution in [0.15, 0.2) is 16.5 Å². The van der Waals surface area contributed by atoms with E-state index in [-0.39, 0.29) is 5.91 Å². The molecule has 4 nitrogen and oxygen atoms in total. The molecule has 100 valence electrons. The SMILES string of the molecule is Cc1ccc2c(C)c(C(=O)N3CCCO3)oc2c1C. The number of aryl methyl sites for hydroxylation is 3. The van der Waals surface area contributed by atoms with Gasteiger partial charge in [0.05, 0.1) is 13.2 Å². The first kappa shape index (κ1) is 12.2. The van der Waals surface area contributed by atoms with Crippen molar-refractivity contribution in [3.63, 3.8) is 0 Å². The lowest BCUT2D eigenvalue weighted by atomic mass is 10.0. The largest absolute Gasteiger partial charge is 0.450 e. The quantitative estimate of drug-likeness (QED) is 0.790. The highest BCUT2D eigenvalue weighted by molar-refractivity contribution is 5.99. The number of rotatable bonds is 1. The van der Waals surface area contributed by atoms with E-state index in [0.29, 0.717) is 18.9 Å². The number of nitrogens with zero attached hydrogens (tertiary/aromatic N) is 1. The third-order valence-electron chi connectivity index (χ3n) is 3.80. The molecule has 1 amide bonds. The molecule has 1 aliphatic rings. The molecule has 2 aromatic rings. The number of furan rings is 1. The molecular formula is C15H17NO3. The molecular weight excluding hydrogens is 242 g/mol. The van der Waals surface area contributed by atoms with Crippen LogP contribution < -0.4 is 0 Å². The van der Waals surface area contributed by atoms with Gasteiger partial charge in [0.15, 0.2) is 5.76 Å². The molecule has 19 heavy (non-hydrogen) atoms. The van der Waals surface area contributed by atoms with E-state index >= 15 is 0 Å². The number of benzene rings is 1. The van der Waals surface area contributed by atoms with E-state index in [2.05, 4.69) is 6.07 Å². The fourth-order valence-corrected chi connectivity index (χ4v) is 2.44. The van der Waals surface area contributed by atoms with E-state index in [4.69, 9.17) is 9.25 Å². The van der Waals surface area contributed by atoms with Crippen molar-refractivity contribution >= 4 is 16.9 Å². The number of hydrogen-bond donors (Lipinski definition) is 0. The van der Waals surface area contributed by atoms with Gasteiger partial charge in [0.25, 0.3) is 0 Å². The smallest absolute Gasteiger partial charge is 0.313 e. The summed E-state index contributed by atoms with van der Waals surface area (Å²) in [7, 11) is 0. The van der Waals surface area contributed by atoms with E-state index in [1.165, 1.54) is 5.06 Å². The zero-order chi connectivity index (χ0) is 13.6. The van der Waals surface area contributed by atoms with Crippen molar-refractivity contribution in [3.05, 3.63) is 34.6 Å². The third-order valence-corrected chi connectivity index (χ3v) is 3.80. The van der Waals surface area contributed by atoms with E-state index in [0.717, 1.165) is 34.1 Å². The Hall–Kier alpha value is -1.81. The summed E-state index contributed by atoms with van der Waals surface area (Å²) in [5, 5.41) is 2.40. The number of amides is 1. The Morgan fingerprint density at radius 3 is 2.68 bits per heavy atom. The molecule has 4 heteroatoms. The number of hydrogen-bond acceptors (Lipinski definition) is 3. The van der Waals surface area contributed by atoms with Crippen LogP contribution in [0.2, 0.25) is 0 Å². The van der Waals surface area contributed by atoms with Gasteiger partial charge in [-0.25, -0.2) is 5.06 Å². The normalized spacial score (nSPS) is 15.4. The van der Waals surface area contributed by atoms with Crippen molar-refractivity contribution in [2.45, 2.75) is 27.2 Å². The summed E-state index contributed by atoms with van der Waals surface area (Å²) in [5.41, 5.74) is 3.94. The van der Waals surface area contributed by atoms with Crippen LogP contribution in [0, 0.1) is 20.8 Å². The number of fused-ring (bicyclic) bond motifs is 1. The van der Waals surface area contributed by atoms with Gasteiger partial charge in [0, 0.05) is 10.9 Å². The Labute approximate surface area is 111 Å². The van der Waals surface area contributed by atoms with Crippen LogP contribution in [-0.4, -0.2) is 24.1 Å². The molecule has 0 bridgehead atoms. The van der Waals surface area contributed by atoms with Gasteiger partial charge in [-0.1, -0.05) is 12.1 Å². The Bertz CT molecular complexity index is 651. The Kier molecular flexibility index (Phi) is 2.82. The van der Waals surface area contributed by atoms with Crippen molar-refractivity contribution in [3.8, 4) is 0 Å². The molecule has 1 aromatic heterocycles. The highest BCUT2D eigenvalue weighted by atomic mass is 16.7. The second-order valence-electron chi connectivity index (χ2n) is 5.03. The summed E-state index contributed by atoms with van der Waals surface area (Å²) in [4.78, 5) is 17.6. The minimum atomic E-state index is -0.178. The van der Waals surface area contributed by atoms with Gasteiger partial charge in [-0.15, -0.1) is 0 Å². The second kappa shape index (κ2) is 4.38. The first-order valence-corrected chi connectivity index (χ1v) is 6.53. The molecule has 1 aliphatic heterocycles. The fourth-order valence-electron chi connectivity index (χ4n) is 2.44. The van der Waals surface area contributed by atoms with Crippen LogP contribution in [0.4, 0.5) is 0 Å². The summed E-state index contributed by atoms with van der Waals surface area (Å²) in [5.74, 6) is 0.217. The summed E-state index contributed by atoms with van der Waals surface area (Å²) < 4.78 is 5.81. The van der Waals surface area contributed by atoms with Gasteiger partial charge in [-0.2, -0.15) is 0 Å². The average Bonchev–Trinajstić information content (AvgIpc) is 3.02. The van der Waals surface area contributed by atoms with Crippen molar-refractivity contribution in [2.24, 2.45) is 0 Å². The molecule has 0 N–H and O–H groups in total. The van der Waals surface area contributed by atoms with Crippen molar-refractivity contribution in [1.29, 1.82) is 0 Å². The van der Waals surface area contributed by atoms with Crippen molar-refractivity contribution < 1.29 is 14.0 Å². The van der Waals surface area contributed by atoms with Crippen LogP contribution in [-0.2, 0) is 4.84 Å². The first-order chi connectivity index (χ1) is 9.09. The highest BCUT2D eigenvalue weighted by Crippen LogP contribution is 2.30. The lowest BCUT2D eigenvalue weighted by Gasteiger charge is -2.11. The van der Waals surface area contributed by atoms with Gasteiger partial charge in [-0.3, -0.25) is 9.63 Å². The summed E-state index contributed by atoms with van der Waals surface area (Å²) in [6.07, 6.45) is 0.878.